The highest BCUT2D eigenvalue weighted by molar-refractivity contribution is 5.86. The maximum Gasteiger partial charge on any atom is 0.243 e. The van der Waals surface area contributed by atoms with E-state index in [4.69, 9.17) is 9.47 Å². The number of carbonyl (C=O) groups excluding carboxylic acids is 1. The summed E-state index contributed by atoms with van der Waals surface area (Å²) in [4.78, 5) is 11.0. The van der Waals surface area contributed by atoms with Gasteiger partial charge in [-0.2, -0.15) is 0 Å². The van der Waals surface area contributed by atoms with Crippen LogP contribution in [0, 0.1) is 0 Å². The van der Waals surface area contributed by atoms with Crippen molar-refractivity contribution in [3.63, 3.8) is 0 Å². The molecule has 1 amide bonds. The Labute approximate surface area is 100 Å². The van der Waals surface area contributed by atoms with Crippen molar-refractivity contribution in [1.29, 1.82) is 0 Å². The van der Waals surface area contributed by atoms with E-state index in [0.717, 1.165) is 23.5 Å². The molecule has 1 aliphatic heterocycles. The van der Waals surface area contributed by atoms with Gasteiger partial charge in [-0.3, -0.25) is 4.79 Å². The van der Waals surface area contributed by atoms with Gasteiger partial charge in [0, 0.05) is 12.0 Å². The molecule has 0 spiro atoms. The summed E-state index contributed by atoms with van der Waals surface area (Å²) in [7, 11) is 1.64. The van der Waals surface area contributed by atoms with Crippen LogP contribution in [0.3, 0.4) is 0 Å². The molecule has 1 heterocycles. The summed E-state index contributed by atoms with van der Waals surface area (Å²) < 4.78 is 10.8. The molecule has 0 aliphatic carbocycles. The molecule has 4 heteroatoms. The van der Waals surface area contributed by atoms with Crippen LogP contribution in [-0.2, 0) is 11.2 Å². The van der Waals surface area contributed by atoms with E-state index in [1.54, 1.807) is 7.11 Å². The zero-order valence-corrected chi connectivity index (χ0v) is 9.73. The number of amides is 1. The lowest BCUT2D eigenvalue weighted by atomic mass is 10.1. The zero-order valence-electron chi connectivity index (χ0n) is 9.73. The average Bonchev–Trinajstić information content (AvgIpc) is 2.77. The van der Waals surface area contributed by atoms with Gasteiger partial charge in [-0.25, -0.2) is 0 Å². The van der Waals surface area contributed by atoms with Crippen LogP contribution in [0.15, 0.2) is 30.9 Å². The Balaban J connectivity index is 1.96. The molecule has 1 N–H and O–H groups in total. The lowest BCUT2D eigenvalue weighted by Gasteiger charge is -2.10. The molecule has 0 saturated carbocycles. The van der Waals surface area contributed by atoms with Crippen molar-refractivity contribution in [3.8, 4) is 11.5 Å². The van der Waals surface area contributed by atoms with Crippen LogP contribution >= 0.6 is 0 Å². The third-order valence-corrected chi connectivity index (χ3v) is 2.70. The minimum absolute atomic E-state index is 0.0130. The van der Waals surface area contributed by atoms with E-state index < -0.39 is 0 Å². The highest BCUT2D eigenvalue weighted by Crippen LogP contribution is 2.31. The van der Waals surface area contributed by atoms with Gasteiger partial charge in [0.1, 0.15) is 17.6 Å². The van der Waals surface area contributed by atoms with E-state index in [1.165, 1.54) is 6.08 Å². The zero-order chi connectivity index (χ0) is 12.3. The first-order valence-electron chi connectivity index (χ1n) is 5.46. The SMILES string of the molecule is C=CC(=O)NC[C@@H]1Cc2cc(OC)ccc2O1. The number of hydrogen-bond acceptors (Lipinski definition) is 3. The summed E-state index contributed by atoms with van der Waals surface area (Å²) >= 11 is 0. The Hall–Kier alpha value is -1.97. The quantitative estimate of drug-likeness (QED) is 0.797. The molecule has 2 rings (SSSR count). The Morgan fingerprint density at radius 2 is 2.53 bits per heavy atom. The van der Waals surface area contributed by atoms with Gasteiger partial charge in [0.05, 0.1) is 13.7 Å². The summed E-state index contributed by atoms with van der Waals surface area (Å²) in [5.74, 6) is 1.51. The summed E-state index contributed by atoms with van der Waals surface area (Å²) in [6.45, 7) is 3.89. The second-order valence-electron chi connectivity index (χ2n) is 3.87. The van der Waals surface area contributed by atoms with Crippen molar-refractivity contribution in [2.24, 2.45) is 0 Å². The molecule has 1 atom stereocenters. The van der Waals surface area contributed by atoms with E-state index in [9.17, 15) is 4.79 Å². The molecule has 0 aromatic heterocycles. The van der Waals surface area contributed by atoms with Gasteiger partial charge >= 0.3 is 0 Å². The molecule has 4 nitrogen and oxygen atoms in total. The van der Waals surface area contributed by atoms with Crippen LogP contribution in [0.1, 0.15) is 5.56 Å². The van der Waals surface area contributed by atoms with E-state index in [0.29, 0.717) is 6.54 Å². The van der Waals surface area contributed by atoms with Crippen molar-refractivity contribution in [2.45, 2.75) is 12.5 Å². The van der Waals surface area contributed by atoms with E-state index >= 15 is 0 Å². The second kappa shape index (κ2) is 4.91. The predicted molar refractivity (Wildman–Crippen MR) is 64.3 cm³/mol. The van der Waals surface area contributed by atoms with E-state index in [2.05, 4.69) is 11.9 Å². The third kappa shape index (κ3) is 2.58. The molecule has 0 fully saturated rings. The van der Waals surface area contributed by atoms with Gasteiger partial charge in [-0.15, -0.1) is 0 Å². The van der Waals surface area contributed by atoms with Gasteiger partial charge in [-0.1, -0.05) is 6.58 Å². The molecular formula is C13H15NO3. The van der Waals surface area contributed by atoms with Crippen LogP contribution in [0.5, 0.6) is 11.5 Å². The van der Waals surface area contributed by atoms with Crippen LogP contribution in [0.2, 0.25) is 0 Å². The Bertz CT molecular complexity index is 442. The molecule has 0 unspecified atom stereocenters. The first-order chi connectivity index (χ1) is 8.22. The molecule has 1 aromatic rings. The van der Waals surface area contributed by atoms with E-state index in [1.807, 2.05) is 18.2 Å². The first-order valence-corrected chi connectivity index (χ1v) is 5.46. The van der Waals surface area contributed by atoms with Gasteiger partial charge in [-0.05, 0) is 24.3 Å². The molecular weight excluding hydrogens is 218 g/mol. The number of rotatable bonds is 4. The summed E-state index contributed by atoms with van der Waals surface area (Å²) in [6, 6.07) is 5.72. The third-order valence-electron chi connectivity index (χ3n) is 2.70. The monoisotopic (exact) mass is 233 g/mol. The van der Waals surface area contributed by atoms with Gasteiger partial charge in [0.15, 0.2) is 0 Å². The van der Waals surface area contributed by atoms with Crippen molar-refractivity contribution >= 4 is 5.91 Å². The number of carbonyl (C=O) groups is 1. The summed E-state index contributed by atoms with van der Waals surface area (Å²) in [5, 5.41) is 2.72. The molecule has 0 saturated heterocycles. The topological polar surface area (TPSA) is 47.6 Å². The fraction of sp³-hybridized carbons (Fsp3) is 0.308. The number of methoxy groups -OCH3 is 1. The van der Waals surface area contributed by atoms with Gasteiger partial charge in [0.25, 0.3) is 0 Å². The number of benzene rings is 1. The minimum atomic E-state index is -0.179. The summed E-state index contributed by atoms with van der Waals surface area (Å²) in [6.07, 6.45) is 2.02. The summed E-state index contributed by atoms with van der Waals surface area (Å²) in [5.41, 5.74) is 1.11. The van der Waals surface area contributed by atoms with E-state index in [-0.39, 0.29) is 12.0 Å². The lowest BCUT2D eigenvalue weighted by Crippen LogP contribution is -2.33. The van der Waals surface area contributed by atoms with Crippen LogP contribution < -0.4 is 14.8 Å². The molecule has 0 bridgehead atoms. The van der Waals surface area contributed by atoms with Gasteiger partial charge in [0.2, 0.25) is 5.91 Å². The van der Waals surface area contributed by atoms with Crippen molar-refractivity contribution < 1.29 is 14.3 Å². The molecule has 17 heavy (non-hydrogen) atoms. The van der Waals surface area contributed by atoms with Crippen molar-refractivity contribution in [3.05, 3.63) is 36.4 Å². The molecule has 0 radical (unpaired) electrons. The Kier molecular flexibility index (Phi) is 3.32. The van der Waals surface area contributed by atoms with Crippen molar-refractivity contribution in [1.82, 2.24) is 5.32 Å². The van der Waals surface area contributed by atoms with Crippen LogP contribution in [0.4, 0.5) is 0 Å². The first kappa shape index (κ1) is 11.5. The fourth-order valence-electron chi connectivity index (χ4n) is 1.82. The number of fused-ring (bicyclic) bond motifs is 1. The lowest BCUT2D eigenvalue weighted by molar-refractivity contribution is -0.116. The predicted octanol–water partition coefficient (Wildman–Crippen LogP) is 1.30. The minimum Gasteiger partial charge on any atom is -0.497 e. The highest BCUT2D eigenvalue weighted by Gasteiger charge is 2.23. The second-order valence-corrected chi connectivity index (χ2v) is 3.87. The average molecular weight is 233 g/mol. The molecule has 1 aliphatic rings. The molecule has 90 valence electrons. The number of nitrogens with one attached hydrogen (secondary N) is 1. The van der Waals surface area contributed by atoms with Gasteiger partial charge < -0.3 is 14.8 Å². The smallest absolute Gasteiger partial charge is 0.243 e. The maximum absolute atomic E-state index is 11.0. The Morgan fingerprint density at radius 3 is 3.24 bits per heavy atom. The molecule has 1 aromatic carbocycles. The Morgan fingerprint density at radius 1 is 1.71 bits per heavy atom. The number of hydrogen-bond donors (Lipinski definition) is 1. The van der Waals surface area contributed by atoms with Crippen molar-refractivity contribution in [2.75, 3.05) is 13.7 Å². The largest absolute Gasteiger partial charge is 0.497 e. The normalized spacial score (nSPS) is 16.9. The fourth-order valence-corrected chi connectivity index (χ4v) is 1.82. The maximum atomic E-state index is 11.0. The highest BCUT2D eigenvalue weighted by atomic mass is 16.5. The van der Waals surface area contributed by atoms with Crippen LogP contribution in [0.25, 0.3) is 0 Å². The number of ether oxygens (including phenoxy) is 2. The van der Waals surface area contributed by atoms with Crippen LogP contribution in [-0.4, -0.2) is 25.7 Å². The standard InChI is InChI=1S/C13H15NO3/c1-3-13(15)14-8-11-7-9-6-10(16-2)4-5-12(9)17-11/h3-6,11H,1,7-8H2,2H3,(H,14,15)/t11-/m0/s1.